The molecule has 6 nitrogen and oxygen atoms in total. The van der Waals surface area contributed by atoms with E-state index in [0.717, 1.165) is 33.0 Å². The van der Waals surface area contributed by atoms with Crippen LogP contribution < -0.4 is 0 Å². The summed E-state index contributed by atoms with van der Waals surface area (Å²) in [5.41, 5.74) is 0. The highest BCUT2D eigenvalue weighted by Gasteiger charge is 2.26. The van der Waals surface area contributed by atoms with E-state index in [1.807, 2.05) is 0 Å². The van der Waals surface area contributed by atoms with Crippen LogP contribution in [0.5, 0.6) is 0 Å². The molecule has 0 amide bonds. The van der Waals surface area contributed by atoms with E-state index in [9.17, 15) is 4.79 Å². The van der Waals surface area contributed by atoms with Crippen molar-refractivity contribution in [2.75, 3.05) is 39.6 Å². The first-order chi connectivity index (χ1) is 9.78. The molecular formula is C14H22O6. The molecular weight excluding hydrogens is 264 g/mol. The zero-order valence-corrected chi connectivity index (χ0v) is 11.8. The fourth-order valence-corrected chi connectivity index (χ4v) is 1.11. The zero-order chi connectivity index (χ0) is 14.8. The highest BCUT2D eigenvalue weighted by atomic mass is 16.6. The molecule has 114 valence electrons. The second-order valence-corrected chi connectivity index (χ2v) is 4.44. The Balaban J connectivity index is 0.000000178. The molecule has 3 aliphatic heterocycles. The van der Waals surface area contributed by atoms with Gasteiger partial charge in [-0.2, -0.15) is 0 Å². The molecule has 3 fully saturated rings. The number of terminal acetylenes is 1. The topological polar surface area (TPSA) is 73.1 Å². The number of hydrogen-bond donors (Lipinski definition) is 0. The highest BCUT2D eigenvalue weighted by Crippen LogP contribution is 2.12. The van der Waals surface area contributed by atoms with Gasteiger partial charge in [0, 0.05) is 6.42 Å². The fraction of sp³-hybridized carbons (Fsp3) is 0.786. The van der Waals surface area contributed by atoms with Crippen LogP contribution >= 0.6 is 0 Å². The van der Waals surface area contributed by atoms with Crippen molar-refractivity contribution in [3.8, 4) is 12.8 Å². The lowest BCUT2D eigenvalue weighted by molar-refractivity contribution is -0.143. The molecule has 3 unspecified atom stereocenters. The number of rotatable bonds is 7. The smallest absolute Gasteiger partial charge is 0.305 e. The van der Waals surface area contributed by atoms with Crippen molar-refractivity contribution in [1.29, 1.82) is 0 Å². The van der Waals surface area contributed by atoms with Crippen LogP contribution in [0.25, 0.3) is 0 Å². The first kappa shape index (κ1) is 16.9. The Morgan fingerprint density at radius 3 is 1.75 bits per heavy atom. The second kappa shape index (κ2) is 9.72. The number of hydrogen-bond acceptors (Lipinski definition) is 6. The molecule has 6 heteroatoms. The van der Waals surface area contributed by atoms with Crippen LogP contribution in [0, 0.1) is 12.8 Å². The summed E-state index contributed by atoms with van der Waals surface area (Å²) < 4.78 is 24.7. The first-order valence-electron chi connectivity index (χ1n) is 6.69. The molecule has 0 bridgehead atoms. The van der Waals surface area contributed by atoms with Gasteiger partial charge >= 0.3 is 5.97 Å². The van der Waals surface area contributed by atoms with Gasteiger partial charge in [0.1, 0.15) is 24.9 Å². The number of carbonyl (C=O) groups excluding carboxylic acids is 1. The minimum atomic E-state index is -0.148. The maximum atomic E-state index is 10.5. The van der Waals surface area contributed by atoms with Crippen LogP contribution in [-0.4, -0.2) is 63.9 Å². The van der Waals surface area contributed by atoms with Gasteiger partial charge in [-0.3, -0.25) is 4.79 Å². The van der Waals surface area contributed by atoms with Gasteiger partial charge in [-0.05, 0) is 0 Å². The molecule has 0 saturated carbocycles. The van der Waals surface area contributed by atoms with Crippen molar-refractivity contribution in [1.82, 2.24) is 0 Å². The zero-order valence-electron chi connectivity index (χ0n) is 11.8. The summed E-state index contributed by atoms with van der Waals surface area (Å²) in [5, 5.41) is 0. The van der Waals surface area contributed by atoms with E-state index in [2.05, 4.69) is 12.8 Å². The summed E-state index contributed by atoms with van der Waals surface area (Å²) in [6.45, 7) is 6.22. The van der Waals surface area contributed by atoms with Crippen LogP contribution in [0.2, 0.25) is 0 Å². The lowest BCUT2D eigenvalue weighted by atomic mass is 10.5. The SMILES string of the molecule is C#C.C(OCC1CO1)C1CO1.CCC(=O)OCC1CO1. The molecule has 0 aromatic rings. The standard InChI is InChI=1S/2C6H10O3.C2H2/c1(5-3-8-5)7-2-6-4-9-6;1-2-6(7)9-4-5-3-8-5;1-2/h5-6H,1-4H2;5H,2-4H2,1H3;1-2H. The van der Waals surface area contributed by atoms with Crippen LogP contribution in [0.1, 0.15) is 13.3 Å². The minimum Gasteiger partial charge on any atom is -0.463 e. The van der Waals surface area contributed by atoms with Crippen LogP contribution in [-0.2, 0) is 28.5 Å². The third-order valence-corrected chi connectivity index (χ3v) is 2.53. The summed E-state index contributed by atoms with van der Waals surface area (Å²) in [5.74, 6) is -0.148. The predicted octanol–water partition coefficient (Wildman–Crippen LogP) is 0.388. The maximum Gasteiger partial charge on any atom is 0.305 e. The Morgan fingerprint density at radius 1 is 1.00 bits per heavy atom. The second-order valence-electron chi connectivity index (χ2n) is 4.44. The number of carbonyl (C=O) groups is 1. The quantitative estimate of drug-likeness (QED) is 0.383. The average molecular weight is 286 g/mol. The van der Waals surface area contributed by atoms with E-state index in [-0.39, 0.29) is 12.1 Å². The van der Waals surface area contributed by atoms with Gasteiger partial charge in [0.25, 0.3) is 0 Å². The van der Waals surface area contributed by atoms with Gasteiger partial charge in [0.2, 0.25) is 0 Å². The summed E-state index contributed by atoms with van der Waals surface area (Å²) in [6, 6.07) is 0. The summed E-state index contributed by atoms with van der Waals surface area (Å²) in [7, 11) is 0. The molecule has 0 aromatic carbocycles. The number of epoxide rings is 3. The van der Waals surface area contributed by atoms with Crippen molar-refractivity contribution < 1.29 is 28.5 Å². The summed E-state index contributed by atoms with van der Waals surface area (Å²) in [6.07, 6.45) is 9.43. The lowest BCUT2D eigenvalue weighted by Gasteiger charge is -1.97. The monoisotopic (exact) mass is 286 g/mol. The largest absolute Gasteiger partial charge is 0.463 e. The van der Waals surface area contributed by atoms with Crippen molar-refractivity contribution >= 4 is 5.97 Å². The molecule has 0 aliphatic carbocycles. The van der Waals surface area contributed by atoms with Gasteiger partial charge in [-0.15, -0.1) is 12.8 Å². The molecule has 0 N–H and O–H groups in total. The van der Waals surface area contributed by atoms with Gasteiger partial charge in [-0.1, -0.05) is 6.92 Å². The van der Waals surface area contributed by atoms with Gasteiger partial charge in [0.05, 0.1) is 33.0 Å². The fourth-order valence-electron chi connectivity index (χ4n) is 1.11. The van der Waals surface area contributed by atoms with Crippen molar-refractivity contribution in [3.05, 3.63) is 0 Å². The van der Waals surface area contributed by atoms with Crippen LogP contribution in [0.4, 0.5) is 0 Å². The molecule has 0 radical (unpaired) electrons. The summed E-state index contributed by atoms with van der Waals surface area (Å²) in [4.78, 5) is 10.5. The van der Waals surface area contributed by atoms with Gasteiger partial charge in [-0.25, -0.2) is 0 Å². The van der Waals surface area contributed by atoms with E-state index in [4.69, 9.17) is 23.7 Å². The Kier molecular flexibility index (Phi) is 8.23. The summed E-state index contributed by atoms with van der Waals surface area (Å²) >= 11 is 0. The van der Waals surface area contributed by atoms with E-state index in [1.54, 1.807) is 6.92 Å². The van der Waals surface area contributed by atoms with E-state index in [0.29, 0.717) is 25.2 Å². The number of esters is 1. The predicted molar refractivity (Wildman–Crippen MR) is 71.2 cm³/mol. The molecule has 3 atom stereocenters. The van der Waals surface area contributed by atoms with Crippen molar-refractivity contribution in [2.24, 2.45) is 0 Å². The van der Waals surface area contributed by atoms with Gasteiger partial charge in [0.15, 0.2) is 0 Å². The molecule has 0 aromatic heterocycles. The third kappa shape index (κ3) is 9.75. The number of ether oxygens (including phenoxy) is 5. The first-order valence-corrected chi connectivity index (χ1v) is 6.69. The Bertz CT molecular complexity index is 279. The maximum absolute atomic E-state index is 10.5. The normalized spacial score (nSPS) is 28.1. The van der Waals surface area contributed by atoms with Gasteiger partial charge < -0.3 is 23.7 Å². The minimum absolute atomic E-state index is 0.148. The molecule has 20 heavy (non-hydrogen) atoms. The van der Waals surface area contributed by atoms with E-state index < -0.39 is 0 Å². The van der Waals surface area contributed by atoms with E-state index in [1.165, 1.54) is 0 Å². The molecule has 3 saturated heterocycles. The van der Waals surface area contributed by atoms with E-state index >= 15 is 0 Å². The Hall–Kier alpha value is -1.13. The molecule has 3 aliphatic rings. The highest BCUT2D eigenvalue weighted by molar-refractivity contribution is 5.68. The lowest BCUT2D eigenvalue weighted by Crippen LogP contribution is -2.07. The van der Waals surface area contributed by atoms with Crippen LogP contribution in [0.15, 0.2) is 0 Å². The third-order valence-electron chi connectivity index (χ3n) is 2.53. The molecule has 3 rings (SSSR count). The molecule has 0 spiro atoms. The van der Waals surface area contributed by atoms with Crippen molar-refractivity contribution in [3.63, 3.8) is 0 Å². The average Bonchev–Trinajstić information content (AvgIpc) is 3.31. The Morgan fingerprint density at radius 2 is 1.40 bits per heavy atom. The molecule has 3 heterocycles. The van der Waals surface area contributed by atoms with Crippen LogP contribution in [0.3, 0.4) is 0 Å². The Labute approximate surface area is 119 Å². The van der Waals surface area contributed by atoms with Crippen molar-refractivity contribution in [2.45, 2.75) is 31.7 Å².